The highest BCUT2D eigenvalue weighted by Crippen LogP contribution is 2.27. The molecule has 0 unspecified atom stereocenters. The Balaban J connectivity index is 0.00000242. The minimum absolute atomic E-state index is 0. The number of nitrogens with two attached hydrogens (primary N) is 1. The molecule has 0 radical (unpaired) electrons. The average Bonchev–Trinajstić information content (AvgIpc) is 2.97. The van der Waals surface area contributed by atoms with Crippen LogP contribution in [-0.4, -0.2) is 25.0 Å². The van der Waals surface area contributed by atoms with E-state index in [9.17, 15) is 4.79 Å². The second-order valence-corrected chi connectivity index (χ2v) is 5.46. The molecular formula is C16H25IN4O. The number of carbonyl (C=O) groups excluding carboxylic acids is 1. The predicted molar refractivity (Wildman–Crippen MR) is 102 cm³/mol. The van der Waals surface area contributed by atoms with Crippen LogP contribution in [0.4, 0.5) is 5.69 Å². The number of aliphatic imine (C=N–C) groups is 1. The van der Waals surface area contributed by atoms with Crippen LogP contribution in [0, 0.1) is 5.92 Å². The van der Waals surface area contributed by atoms with Crippen molar-refractivity contribution in [1.82, 2.24) is 5.32 Å². The summed E-state index contributed by atoms with van der Waals surface area (Å²) >= 11 is 0. The van der Waals surface area contributed by atoms with E-state index in [1.54, 1.807) is 0 Å². The van der Waals surface area contributed by atoms with Gasteiger partial charge < -0.3 is 16.4 Å². The number of anilines is 1. The van der Waals surface area contributed by atoms with E-state index in [4.69, 9.17) is 5.73 Å². The number of halogens is 1. The number of amides is 1. The van der Waals surface area contributed by atoms with Gasteiger partial charge in [0.1, 0.15) is 0 Å². The Morgan fingerprint density at radius 1 is 1.23 bits per heavy atom. The molecule has 0 saturated heterocycles. The van der Waals surface area contributed by atoms with Crippen molar-refractivity contribution in [3.05, 3.63) is 30.3 Å². The third kappa shape index (κ3) is 7.11. The summed E-state index contributed by atoms with van der Waals surface area (Å²) in [5.74, 6) is 1.08. The predicted octanol–water partition coefficient (Wildman–Crippen LogP) is 2.73. The normalized spacial score (nSPS) is 15.2. The van der Waals surface area contributed by atoms with Crippen LogP contribution in [0.5, 0.6) is 0 Å². The van der Waals surface area contributed by atoms with Crippen LogP contribution < -0.4 is 16.4 Å². The maximum absolute atomic E-state index is 11.7. The summed E-state index contributed by atoms with van der Waals surface area (Å²) in [5, 5.41) is 5.90. The van der Waals surface area contributed by atoms with E-state index >= 15 is 0 Å². The van der Waals surface area contributed by atoms with Crippen molar-refractivity contribution in [3.8, 4) is 0 Å². The molecule has 1 amide bonds. The topological polar surface area (TPSA) is 79.5 Å². The first-order valence-electron chi connectivity index (χ1n) is 7.63. The Morgan fingerprint density at radius 2 is 1.91 bits per heavy atom. The third-order valence-electron chi connectivity index (χ3n) is 3.71. The van der Waals surface area contributed by atoms with Gasteiger partial charge in [-0.2, -0.15) is 0 Å². The number of hydrogen-bond donors (Lipinski definition) is 3. The maximum Gasteiger partial charge on any atom is 0.220 e. The molecule has 1 fully saturated rings. The van der Waals surface area contributed by atoms with E-state index < -0.39 is 0 Å². The van der Waals surface area contributed by atoms with Crippen molar-refractivity contribution in [3.63, 3.8) is 0 Å². The molecule has 0 heterocycles. The van der Waals surface area contributed by atoms with Crippen molar-refractivity contribution in [1.29, 1.82) is 0 Å². The summed E-state index contributed by atoms with van der Waals surface area (Å²) in [5.41, 5.74) is 6.69. The maximum atomic E-state index is 11.7. The molecule has 1 aliphatic rings. The lowest BCUT2D eigenvalue weighted by Gasteiger charge is -2.09. The molecule has 1 saturated carbocycles. The first-order valence-corrected chi connectivity index (χ1v) is 7.63. The Bertz CT molecular complexity index is 472. The fourth-order valence-corrected chi connectivity index (χ4v) is 2.63. The molecular weight excluding hydrogens is 391 g/mol. The van der Waals surface area contributed by atoms with E-state index in [1.807, 2.05) is 30.3 Å². The molecule has 6 heteroatoms. The largest absolute Gasteiger partial charge is 0.370 e. The molecule has 1 aromatic carbocycles. The summed E-state index contributed by atoms with van der Waals surface area (Å²) < 4.78 is 0. The number of para-hydroxylation sites is 1. The molecule has 22 heavy (non-hydrogen) atoms. The lowest BCUT2D eigenvalue weighted by Crippen LogP contribution is -2.29. The molecule has 5 nitrogen and oxygen atoms in total. The average molecular weight is 416 g/mol. The first kappa shape index (κ1) is 18.7. The Morgan fingerprint density at radius 3 is 2.59 bits per heavy atom. The fraction of sp³-hybridized carbons (Fsp3) is 0.500. The van der Waals surface area contributed by atoms with Crippen LogP contribution in [-0.2, 0) is 4.79 Å². The second kappa shape index (κ2) is 10.4. The molecule has 4 N–H and O–H groups in total. The van der Waals surface area contributed by atoms with Crippen LogP contribution in [0.2, 0.25) is 0 Å². The quantitative estimate of drug-likeness (QED) is 0.289. The molecule has 2 rings (SSSR count). The highest BCUT2D eigenvalue weighted by Gasteiger charge is 2.17. The van der Waals surface area contributed by atoms with Gasteiger partial charge >= 0.3 is 0 Å². The zero-order valence-corrected chi connectivity index (χ0v) is 15.1. The lowest BCUT2D eigenvalue weighted by molar-refractivity contribution is -0.121. The van der Waals surface area contributed by atoms with Gasteiger partial charge in [-0.1, -0.05) is 31.0 Å². The number of benzene rings is 1. The van der Waals surface area contributed by atoms with Gasteiger partial charge in [0.15, 0.2) is 5.96 Å². The van der Waals surface area contributed by atoms with Gasteiger partial charge in [-0.15, -0.1) is 24.0 Å². The van der Waals surface area contributed by atoms with Gasteiger partial charge in [-0.05, 0) is 30.9 Å². The zero-order chi connectivity index (χ0) is 14.9. The Kier molecular flexibility index (Phi) is 8.88. The summed E-state index contributed by atoms with van der Waals surface area (Å²) in [7, 11) is 0. The number of carbonyl (C=O) groups is 1. The third-order valence-corrected chi connectivity index (χ3v) is 3.71. The van der Waals surface area contributed by atoms with Crippen molar-refractivity contribution in [2.24, 2.45) is 16.6 Å². The Labute approximate surface area is 149 Å². The van der Waals surface area contributed by atoms with Crippen LogP contribution in [0.25, 0.3) is 0 Å². The Hall–Kier alpha value is -1.31. The number of hydrogen-bond acceptors (Lipinski definition) is 2. The number of nitrogens with zero attached hydrogens (tertiary/aromatic N) is 1. The number of nitrogens with one attached hydrogen (secondary N) is 2. The molecule has 1 aliphatic carbocycles. The van der Waals surface area contributed by atoms with Crippen molar-refractivity contribution >= 4 is 41.5 Å². The molecule has 0 aromatic heterocycles. The van der Waals surface area contributed by atoms with E-state index in [0.717, 1.165) is 5.69 Å². The molecule has 1 aromatic rings. The smallest absolute Gasteiger partial charge is 0.220 e. The minimum Gasteiger partial charge on any atom is -0.370 e. The van der Waals surface area contributed by atoms with Gasteiger partial charge in [0.05, 0.1) is 6.54 Å². The zero-order valence-electron chi connectivity index (χ0n) is 12.8. The van der Waals surface area contributed by atoms with E-state index in [-0.39, 0.29) is 29.9 Å². The van der Waals surface area contributed by atoms with E-state index in [0.29, 0.717) is 31.4 Å². The van der Waals surface area contributed by atoms with Crippen LogP contribution >= 0.6 is 24.0 Å². The molecule has 0 bridgehead atoms. The van der Waals surface area contributed by atoms with Crippen LogP contribution in [0.1, 0.15) is 32.1 Å². The molecule has 0 spiro atoms. The molecule has 0 aliphatic heterocycles. The second-order valence-electron chi connectivity index (χ2n) is 5.46. The SMILES string of the molecule is I.NC(=NCCNC(=O)CC1CCCC1)Nc1ccccc1. The van der Waals surface area contributed by atoms with E-state index in [1.165, 1.54) is 25.7 Å². The highest BCUT2D eigenvalue weighted by molar-refractivity contribution is 14.0. The van der Waals surface area contributed by atoms with Crippen LogP contribution in [0.3, 0.4) is 0 Å². The fourth-order valence-electron chi connectivity index (χ4n) is 2.63. The lowest BCUT2D eigenvalue weighted by atomic mass is 10.0. The monoisotopic (exact) mass is 416 g/mol. The summed E-state index contributed by atoms with van der Waals surface area (Å²) in [6.07, 6.45) is 5.58. The van der Waals surface area contributed by atoms with E-state index in [2.05, 4.69) is 15.6 Å². The van der Waals surface area contributed by atoms with Gasteiger partial charge in [-0.3, -0.25) is 9.79 Å². The van der Waals surface area contributed by atoms with Crippen molar-refractivity contribution in [2.45, 2.75) is 32.1 Å². The standard InChI is InChI=1S/C16H24N4O.HI/c17-16(20-14-8-2-1-3-9-14)19-11-10-18-15(21)12-13-6-4-5-7-13;/h1-3,8-9,13H,4-7,10-12H2,(H,18,21)(H3,17,19,20);1H. The summed E-state index contributed by atoms with van der Waals surface area (Å²) in [6.45, 7) is 1.02. The number of guanidine groups is 1. The highest BCUT2D eigenvalue weighted by atomic mass is 127. The summed E-state index contributed by atoms with van der Waals surface area (Å²) in [4.78, 5) is 15.9. The molecule has 122 valence electrons. The van der Waals surface area contributed by atoms with Crippen molar-refractivity contribution < 1.29 is 4.79 Å². The molecule has 0 atom stereocenters. The summed E-state index contributed by atoms with van der Waals surface area (Å²) in [6, 6.07) is 9.65. The van der Waals surface area contributed by atoms with Gasteiger partial charge in [0, 0.05) is 18.7 Å². The first-order chi connectivity index (χ1) is 10.2. The van der Waals surface area contributed by atoms with Gasteiger partial charge in [0.2, 0.25) is 5.91 Å². The van der Waals surface area contributed by atoms with Crippen LogP contribution in [0.15, 0.2) is 35.3 Å². The minimum atomic E-state index is 0. The van der Waals surface area contributed by atoms with Gasteiger partial charge in [0.25, 0.3) is 0 Å². The van der Waals surface area contributed by atoms with Crippen molar-refractivity contribution in [2.75, 3.05) is 18.4 Å². The number of rotatable bonds is 6. The van der Waals surface area contributed by atoms with Gasteiger partial charge in [-0.25, -0.2) is 0 Å².